The molecule has 0 bridgehead atoms. The second-order valence-corrected chi connectivity index (χ2v) is 5.82. The first-order chi connectivity index (χ1) is 12.2. The highest BCUT2D eigenvalue weighted by Gasteiger charge is 2.35. The Balaban J connectivity index is 1.77. The topological polar surface area (TPSA) is 64.7 Å². The van der Waals surface area contributed by atoms with Crippen LogP contribution in [0.15, 0.2) is 36.7 Å². The van der Waals surface area contributed by atoms with Gasteiger partial charge < -0.3 is 9.88 Å². The molecule has 0 saturated carbocycles. The third-order valence-electron chi connectivity index (χ3n) is 4.06. The van der Waals surface area contributed by atoms with Gasteiger partial charge in [0.05, 0.1) is 12.0 Å². The number of aromatic nitrogens is 4. The van der Waals surface area contributed by atoms with E-state index in [1.807, 2.05) is 18.4 Å². The first-order valence-corrected chi connectivity index (χ1v) is 7.70. The molecule has 1 aromatic carbocycles. The highest BCUT2D eigenvalue weighted by atomic mass is 19.4. The number of rotatable bonds is 3. The van der Waals surface area contributed by atoms with Crippen molar-refractivity contribution >= 4 is 11.6 Å². The van der Waals surface area contributed by atoms with Crippen molar-refractivity contribution in [3.8, 4) is 5.69 Å². The predicted octanol–water partition coefficient (Wildman–Crippen LogP) is 3.49. The summed E-state index contributed by atoms with van der Waals surface area (Å²) in [6.45, 7) is 3.85. The van der Waals surface area contributed by atoms with E-state index in [0.29, 0.717) is 10.4 Å². The number of hydrogen-bond acceptors (Lipinski definition) is 3. The molecule has 2 aromatic heterocycles. The summed E-state index contributed by atoms with van der Waals surface area (Å²) in [5, 5.41) is 6.17. The van der Waals surface area contributed by atoms with Crippen LogP contribution in [0.5, 0.6) is 0 Å². The van der Waals surface area contributed by atoms with E-state index in [4.69, 9.17) is 0 Å². The number of carbonyl (C=O) groups excluding carboxylic acids is 1. The molecular weight excluding hydrogens is 347 g/mol. The maximum absolute atomic E-state index is 12.8. The molecule has 3 aromatic rings. The van der Waals surface area contributed by atoms with E-state index >= 15 is 0 Å². The molecule has 1 amide bonds. The number of imidazole rings is 1. The minimum atomic E-state index is -4.57. The van der Waals surface area contributed by atoms with Gasteiger partial charge in [-0.25, -0.2) is 4.98 Å². The highest BCUT2D eigenvalue weighted by molar-refractivity contribution is 6.03. The van der Waals surface area contributed by atoms with Gasteiger partial charge in [0.25, 0.3) is 5.91 Å². The number of aryl methyl sites for hydroxylation is 2. The zero-order valence-corrected chi connectivity index (χ0v) is 14.3. The van der Waals surface area contributed by atoms with Crippen LogP contribution >= 0.6 is 0 Å². The molecule has 3 rings (SSSR count). The van der Waals surface area contributed by atoms with Crippen LogP contribution in [0.2, 0.25) is 0 Å². The quantitative estimate of drug-likeness (QED) is 0.775. The lowest BCUT2D eigenvalue weighted by Gasteiger charge is -2.08. The van der Waals surface area contributed by atoms with Gasteiger partial charge in [-0.2, -0.15) is 18.3 Å². The summed E-state index contributed by atoms with van der Waals surface area (Å²) >= 11 is 0. The van der Waals surface area contributed by atoms with Crippen LogP contribution in [-0.4, -0.2) is 25.2 Å². The van der Waals surface area contributed by atoms with Gasteiger partial charge in [-0.05, 0) is 38.1 Å². The standard InChI is InChI=1S/C17H16F3N5O/c1-10-11(2)25(9-21-10)13-6-4-12(5-7-13)22-16(26)14-8-15(17(18,19)20)24(3)23-14/h4-9H,1-3H3,(H,22,26). The summed E-state index contributed by atoms with van der Waals surface area (Å²) in [5.41, 5.74) is 1.94. The van der Waals surface area contributed by atoms with E-state index in [0.717, 1.165) is 30.2 Å². The normalized spacial score (nSPS) is 11.6. The number of halogens is 3. The van der Waals surface area contributed by atoms with Gasteiger partial charge in [0, 0.05) is 30.2 Å². The van der Waals surface area contributed by atoms with E-state index in [1.54, 1.807) is 30.6 Å². The maximum Gasteiger partial charge on any atom is 0.433 e. The molecule has 2 heterocycles. The fraction of sp³-hybridized carbons (Fsp3) is 0.235. The number of benzene rings is 1. The molecule has 0 radical (unpaired) electrons. The van der Waals surface area contributed by atoms with Gasteiger partial charge in [0.15, 0.2) is 5.69 Å². The Hall–Kier alpha value is -3.10. The molecule has 26 heavy (non-hydrogen) atoms. The Labute approximate surface area is 147 Å². The molecule has 136 valence electrons. The molecular formula is C17H16F3N5O. The van der Waals surface area contributed by atoms with Gasteiger partial charge in [-0.3, -0.25) is 9.48 Å². The van der Waals surface area contributed by atoms with E-state index in [9.17, 15) is 18.0 Å². The second-order valence-electron chi connectivity index (χ2n) is 5.82. The largest absolute Gasteiger partial charge is 0.433 e. The summed E-state index contributed by atoms with van der Waals surface area (Å²) in [6, 6.07) is 7.61. The summed E-state index contributed by atoms with van der Waals surface area (Å²) in [7, 11) is 1.14. The zero-order chi connectivity index (χ0) is 19.1. The van der Waals surface area contributed by atoms with Gasteiger partial charge in [-0.15, -0.1) is 0 Å². The fourth-order valence-corrected chi connectivity index (χ4v) is 2.50. The molecule has 0 unspecified atom stereocenters. The van der Waals surface area contributed by atoms with Crippen molar-refractivity contribution in [2.75, 3.05) is 5.32 Å². The molecule has 0 spiro atoms. The van der Waals surface area contributed by atoms with Gasteiger partial charge >= 0.3 is 6.18 Å². The number of nitrogens with zero attached hydrogens (tertiary/aromatic N) is 4. The van der Waals surface area contributed by atoms with Gasteiger partial charge in [0.1, 0.15) is 5.69 Å². The number of alkyl halides is 3. The minimum Gasteiger partial charge on any atom is -0.321 e. The molecule has 0 aliphatic carbocycles. The lowest BCUT2D eigenvalue weighted by Crippen LogP contribution is -2.13. The predicted molar refractivity (Wildman–Crippen MR) is 89.2 cm³/mol. The van der Waals surface area contributed by atoms with E-state index in [1.165, 1.54) is 0 Å². The Morgan fingerprint density at radius 2 is 1.81 bits per heavy atom. The third-order valence-corrected chi connectivity index (χ3v) is 4.06. The number of hydrogen-bond donors (Lipinski definition) is 1. The van der Waals surface area contributed by atoms with Crippen molar-refractivity contribution in [2.24, 2.45) is 7.05 Å². The molecule has 9 heteroatoms. The van der Waals surface area contributed by atoms with Crippen molar-refractivity contribution < 1.29 is 18.0 Å². The summed E-state index contributed by atoms with van der Waals surface area (Å²) in [5.74, 6) is -0.710. The molecule has 0 saturated heterocycles. The number of anilines is 1. The Morgan fingerprint density at radius 3 is 2.31 bits per heavy atom. The van der Waals surface area contributed by atoms with Crippen LogP contribution in [0, 0.1) is 13.8 Å². The van der Waals surface area contributed by atoms with Crippen LogP contribution in [-0.2, 0) is 13.2 Å². The van der Waals surface area contributed by atoms with Crippen LogP contribution in [0.1, 0.15) is 27.6 Å². The number of nitrogens with one attached hydrogen (secondary N) is 1. The van der Waals surface area contributed by atoms with E-state index < -0.39 is 17.8 Å². The van der Waals surface area contributed by atoms with E-state index in [-0.39, 0.29) is 5.69 Å². The monoisotopic (exact) mass is 363 g/mol. The number of carbonyl (C=O) groups is 1. The maximum atomic E-state index is 12.8. The Kier molecular flexibility index (Phi) is 4.31. The van der Waals surface area contributed by atoms with Crippen LogP contribution in [0.3, 0.4) is 0 Å². The minimum absolute atomic E-state index is 0.301. The SMILES string of the molecule is Cc1ncn(-c2ccc(NC(=O)c3cc(C(F)(F)F)n(C)n3)cc2)c1C. The van der Waals surface area contributed by atoms with Crippen LogP contribution < -0.4 is 5.32 Å². The molecule has 0 aliphatic heterocycles. The van der Waals surface area contributed by atoms with Gasteiger partial charge in [-0.1, -0.05) is 0 Å². The molecule has 0 aliphatic rings. The van der Waals surface area contributed by atoms with Crippen molar-refractivity contribution in [1.29, 1.82) is 0 Å². The van der Waals surface area contributed by atoms with Crippen molar-refractivity contribution in [2.45, 2.75) is 20.0 Å². The average molecular weight is 363 g/mol. The summed E-state index contributed by atoms with van der Waals surface area (Å²) < 4.78 is 40.9. The second kappa shape index (κ2) is 6.32. The lowest BCUT2D eigenvalue weighted by molar-refractivity contribution is -0.143. The van der Waals surface area contributed by atoms with Crippen molar-refractivity contribution in [3.63, 3.8) is 0 Å². The van der Waals surface area contributed by atoms with Crippen LogP contribution in [0.4, 0.5) is 18.9 Å². The Morgan fingerprint density at radius 1 is 1.15 bits per heavy atom. The summed E-state index contributed by atoms with van der Waals surface area (Å²) in [4.78, 5) is 16.4. The summed E-state index contributed by atoms with van der Waals surface area (Å²) in [6.07, 6.45) is -2.87. The number of amides is 1. The van der Waals surface area contributed by atoms with Crippen molar-refractivity contribution in [1.82, 2.24) is 19.3 Å². The molecule has 0 atom stereocenters. The highest BCUT2D eigenvalue weighted by Crippen LogP contribution is 2.29. The first kappa shape index (κ1) is 17.7. The van der Waals surface area contributed by atoms with Crippen molar-refractivity contribution in [3.05, 3.63) is 59.4 Å². The first-order valence-electron chi connectivity index (χ1n) is 7.70. The smallest absolute Gasteiger partial charge is 0.321 e. The van der Waals surface area contributed by atoms with Crippen LogP contribution in [0.25, 0.3) is 5.69 Å². The zero-order valence-electron chi connectivity index (χ0n) is 14.3. The molecule has 1 N–H and O–H groups in total. The fourth-order valence-electron chi connectivity index (χ4n) is 2.50. The lowest BCUT2D eigenvalue weighted by atomic mass is 10.2. The third kappa shape index (κ3) is 3.32. The average Bonchev–Trinajstić information content (AvgIpc) is 3.12. The Bertz CT molecular complexity index is 954. The molecule has 6 nitrogen and oxygen atoms in total. The molecule has 0 fully saturated rings. The van der Waals surface area contributed by atoms with Gasteiger partial charge in [0.2, 0.25) is 0 Å². The van der Waals surface area contributed by atoms with E-state index in [2.05, 4.69) is 15.4 Å².